The molecule has 0 aliphatic carbocycles. The van der Waals surface area contributed by atoms with E-state index in [-0.39, 0.29) is 0 Å². The minimum Gasteiger partial charge on any atom is -0.398 e. The normalized spacial score (nSPS) is 9.85. The predicted molar refractivity (Wildman–Crippen MR) is 62.6 cm³/mol. The Bertz CT molecular complexity index is 326. The summed E-state index contributed by atoms with van der Waals surface area (Å²) in [5.74, 6) is 0. The van der Waals surface area contributed by atoms with E-state index in [0.29, 0.717) is 0 Å². The van der Waals surface area contributed by atoms with Gasteiger partial charge in [-0.1, -0.05) is 17.7 Å². The van der Waals surface area contributed by atoms with Crippen molar-refractivity contribution in [3.05, 3.63) is 33.3 Å². The minimum atomic E-state index is 0.799. The van der Waals surface area contributed by atoms with Crippen LogP contribution in [-0.2, 0) is 0 Å². The van der Waals surface area contributed by atoms with Gasteiger partial charge in [-0.25, -0.2) is 0 Å². The topological polar surface area (TPSA) is 26.0 Å². The Balaban J connectivity index is 3.21. The third-order valence-electron chi connectivity index (χ3n) is 1.76. The van der Waals surface area contributed by atoms with Crippen molar-refractivity contribution < 1.29 is 0 Å². The van der Waals surface area contributed by atoms with Gasteiger partial charge in [0.1, 0.15) is 0 Å². The standard InChI is InChI=1S/C11H14BrN/c1-7(2)4-9-5-8(3)11(12)10(13)6-9/h4-6H,13H2,1-3H3. The van der Waals surface area contributed by atoms with Crippen molar-refractivity contribution >= 4 is 27.7 Å². The quantitative estimate of drug-likeness (QED) is 0.743. The van der Waals surface area contributed by atoms with Gasteiger partial charge >= 0.3 is 0 Å². The van der Waals surface area contributed by atoms with Crippen LogP contribution in [0.1, 0.15) is 25.0 Å². The van der Waals surface area contributed by atoms with E-state index in [9.17, 15) is 0 Å². The second-order valence-electron chi connectivity index (χ2n) is 3.46. The third-order valence-corrected chi connectivity index (χ3v) is 2.84. The highest BCUT2D eigenvalue weighted by Gasteiger charge is 2.00. The predicted octanol–water partition coefficient (Wildman–Crippen LogP) is 3.76. The molecule has 1 aromatic rings. The van der Waals surface area contributed by atoms with Crippen molar-refractivity contribution in [3.63, 3.8) is 0 Å². The Kier molecular flexibility index (Phi) is 3.15. The summed E-state index contributed by atoms with van der Waals surface area (Å²) in [7, 11) is 0. The first-order valence-electron chi connectivity index (χ1n) is 4.21. The van der Waals surface area contributed by atoms with E-state index in [1.165, 1.54) is 16.7 Å². The lowest BCUT2D eigenvalue weighted by Crippen LogP contribution is -1.90. The molecule has 1 aromatic carbocycles. The molecule has 1 nitrogen and oxygen atoms in total. The molecule has 0 bridgehead atoms. The lowest BCUT2D eigenvalue weighted by atomic mass is 10.1. The lowest BCUT2D eigenvalue weighted by Gasteiger charge is -2.04. The average molecular weight is 240 g/mol. The van der Waals surface area contributed by atoms with Crippen LogP contribution < -0.4 is 5.73 Å². The molecule has 0 atom stereocenters. The number of allylic oxidation sites excluding steroid dienone is 1. The molecule has 0 radical (unpaired) electrons. The van der Waals surface area contributed by atoms with Gasteiger partial charge in [-0.3, -0.25) is 0 Å². The Morgan fingerprint density at radius 3 is 2.46 bits per heavy atom. The number of hydrogen-bond donors (Lipinski definition) is 1. The first-order valence-corrected chi connectivity index (χ1v) is 5.00. The first kappa shape index (κ1) is 10.3. The van der Waals surface area contributed by atoms with Crippen LogP contribution >= 0.6 is 15.9 Å². The van der Waals surface area contributed by atoms with Crippen molar-refractivity contribution in [2.24, 2.45) is 0 Å². The minimum absolute atomic E-state index is 0.799. The van der Waals surface area contributed by atoms with Crippen LogP contribution in [0.15, 0.2) is 22.2 Å². The zero-order valence-corrected chi connectivity index (χ0v) is 9.77. The van der Waals surface area contributed by atoms with Crippen LogP contribution in [0.3, 0.4) is 0 Å². The average Bonchev–Trinajstić information content (AvgIpc) is 1.98. The molecule has 13 heavy (non-hydrogen) atoms. The van der Waals surface area contributed by atoms with Crippen LogP contribution in [-0.4, -0.2) is 0 Å². The smallest absolute Gasteiger partial charge is 0.0467 e. The molecular formula is C11H14BrN. The summed E-state index contributed by atoms with van der Waals surface area (Å²) < 4.78 is 0.999. The zero-order valence-electron chi connectivity index (χ0n) is 8.19. The maximum atomic E-state index is 5.82. The molecule has 0 amide bonds. The van der Waals surface area contributed by atoms with Crippen molar-refractivity contribution in [3.8, 4) is 0 Å². The largest absolute Gasteiger partial charge is 0.398 e. The van der Waals surface area contributed by atoms with Crippen LogP contribution in [0.2, 0.25) is 0 Å². The summed E-state index contributed by atoms with van der Waals surface area (Å²) in [5, 5.41) is 0. The maximum Gasteiger partial charge on any atom is 0.0467 e. The molecule has 0 saturated carbocycles. The van der Waals surface area contributed by atoms with E-state index >= 15 is 0 Å². The molecule has 70 valence electrons. The van der Waals surface area contributed by atoms with Gasteiger partial charge < -0.3 is 5.73 Å². The fourth-order valence-electron chi connectivity index (χ4n) is 1.24. The van der Waals surface area contributed by atoms with Gasteiger partial charge in [-0.15, -0.1) is 0 Å². The molecule has 1 rings (SSSR count). The SMILES string of the molecule is CC(C)=Cc1cc(C)c(Br)c(N)c1. The molecule has 0 saturated heterocycles. The molecule has 0 aromatic heterocycles. The highest BCUT2D eigenvalue weighted by Crippen LogP contribution is 2.26. The molecule has 0 heterocycles. The number of nitrogen functional groups attached to an aromatic ring is 1. The molecule has 2 N–H and O–H groups in total. The molecule has 0 unspecified atom stereocenters. The number of nitrogens with two attached hydrogens (primary N) is 1. The van der Waals surface area contributed by atoms with Crippen molar-refractivity contribution in [1.82, 2.24) is 0 Å². The van der Waals surface area contributed by atoms with Gasteiger partial charge in [0, 0.05) is 10.2 Å². The maximum absolute atomic E-state index is 5.82. The molecule has 0 spiro atoms. The van der Waals surface area contributed by atoms with Gasteiger partial charge in [0.25, 0.3) is 0 Å². The summed E-state index contributed by atoms with van der Waals surface area (Å²) in [4.78, 5) is 0. The number of halogens is 1. The summed E-state index contributed by atoms with van der Waals surface area (Å²) in [6.07, 6.45) is 2.12. The number of aryl methyl sites for hydroxylation is 1. The fraction of sp³-hybridized carbons (Fsp3) is 0.273. The Labute approximate surface area is 87.8 Å². The van der Waals surface area contributed by atoms with Crippen LogP contribution in [0.5, 0.6) is 0 Å². The monoisotopic (exact) mass is 239 g/mol. The molecule has 0 aliphatic rings. The van der Waals surface area contributed by atoms with E-state index < -0.39 is 0 Å². The van der Waals surface area contributed by atoms with Crippen LogP contribution in [0.25, 0.3) is 6.08 Å². The van der Waals surface area contributed by atoms with Crippen LogP contribution in [0.4, 0.5) is 5.69 Å². The van der Waals surface area contributed by atoms with Crippen molar-refractivity contribution in [2.75, 3.05) is 5.73 Å². The lowest BCUT2D eigenvalue weighted by molar-refractivity contribution is 1.39. The molecular weight excluding hydrogens is 226 g/mol. The number of hydrogen-bond acceptors (Lipinski definition) is 1. The van der Waals surface area contributed by atoms with E-state index in [4.69, 9.17) is 5.73 Å². The number of anilines is 1. The van der Waals surface area contributed by atoms with Crippen LogP contribution in [0, 0.1) is 6.92 Å². The van der Waals surface area contributed by atoms with E-state index in [2.05, 4.69) is 41.9 Å². The van der Waals surface area contributed by atoms with Crippen molar-refractivity contribution in [1.29, 1.82) is 0 Å². The Morgan fingerprint density at radius 2 is 2.00 bits per heavy atom. The summed E-state index contributed by atoms with van der Waals surface area (Å²) in [5.41, 5.74) is 10.2. The molecule has 0 fully saturated rings. The number of rotatable bonds is 1. The Morgan fingerprint density at radius 1 is 1.38 bits per heavy atom. The highest BCUT2D eigenvalue weighted by molar-refractivity contribution is 9.10. The highest BCUT2D eigenvalue weighted by atomic mass is 79.9. The second kappa shape index (κ2) is 3.97. The second-order valence-corrected chi connectivity index (χ2v) is 4.26. The first-order chi connectivity index (χ1) is 6.00. The van der Waals surface area contributed by atoms with Gasteiger partial charge in [0.05, 0.1) is 0 Å². The van der Waals surface area contributed by atoms with E-state index in [0.717, 1.165) is 10.2 Å². The zero-order chi connectivity index (χ0) is 10.0. The third kappa shape index (κ3) is 2.59. The van der Waals surface area contributed by atoms with Gasteiger partial charge in [0.2, 0.25) is 0 Å². The summed E-state index contributed by atoms with van der Waals surface area (Å²) >= 11 is 3.43. The number of benzene rings is 1. The van der Waals surface area contributed by atoms with Gasteiger partial charge in [-0.05, 0) is 53.9 Å². The van der Waals surface area contributed by atoms with E-state index in [1.54, 1.807) is 0 Å². The van der Waals surface area contributed by atoms with E-state index in [1.807, 2.05) is 13.0 Å². The molecule has 2 heteroatoms. The van der Waals surface area contributed by atoms with Gasteiger partial charge in [-0.2, -0.15) is 0 Å². The van der Waals surface area contributed by atoms with Crippen molar-refractivity contribution in [2.45, 2.75) is 20.8 Å². The summed E-state index contributed by atoms with van der Waals surface area (Å²) in [6.45, 7) is 6.20. The Hall–Kier alpha value is -0.760. The summed E-state index contributed by atoms with van der Waals surface area (Å²) in [6, 6.07) is 4.09. The van der Waals surface area contributed by atoms with Gasteiger partial charge in [0.15, 0.2) is 0 Å². The fourth-order valence-corrected chi connectivity index (χ4v) is 1.47. The molecule has 0 aliphatic heterocycles.